The van der Waals surface area contributed by atoms with Crippen LogP contribution in [0.3, 0.4) is 0 Å². The number of rotatable bonds is 8. The molecule has 0 aliphatic rings. The summed E-state index contributed by atoms with van der Waals surface area (Å²) in [4.78, 5) is 0. The van der Waals surface area contributed by atoms with Gasteiger partial charge in [-0.05, 0) is 19.5 Å². The molecule has 0 amide bonds. The molecule has 1 aromatic rings. The molecule has 1 aromatic carbocycles. The Balaban J connectivity index is 2.66. The van der Waals surface area contributed by atoms with Gasteiger partial charge in [0.15, 0.2) is 0 Å². The van der Waals surface area contributed by atoms with Gasteiger partial charge < -0.3 is 9.47 Å². The summed E-state index contributed by atoms with van der Waals surface area (Å²) in [6, 6.07) is 12.1. The Morgan fingerprint density at radius 3 is 2.58 bits per heavy atom. The van der Waals surface area contributed by atoms with Gasteiger partial charge in [-0.3, -0.25) is 5.32 Å². The van der Waals surface area contributed by atoms with E-state index in [4.69, 9.17) is 9.47 Å². The topological polar surface area (TPSA) is 54.3 Å². The first-order chi connectivity index (χ1) is 9.18. The summed E-state index contributed by atoms with van der Waals surface area (Å²) in [7, 11) is 3.45. The molecule has 0 aromatic heterocycles. The van der Waals surface area contributed by atoms with Gasteiger partial charge in [-0.15, -0.1) is 0 Å². The molecule has 0 fully saturated rings. The fourth-order valence-corrected chi connectivity index (χ4v) is 2.01. The first-order valence-corrected chi connectivity index (χ1v) is 6.44. The molecule has 2 atom stereocenters. The van der Waals surface area contributed by atoms with Gasteiger partial charge in [-0.25, -0.2) is 0 Å². The fourth-order valence-electron chi connectivity index (χ4n) is 2.01. The third-order valence-electron chi connectivity index (χ3n) is 3.17. The van der Waals surface area contributed by atoms with Gasteiger partial charge in [0.25, 0.3) is 0 Å². The minimum Gasteiger partial charge on any atom is -0.382 e. The highest BCUT2D eigenvalue weighted by atomic mass is 16.5. The predicted molar refractivity (Wildman–Crippen MR) is 74.7 cm³/mol. The Kier molecular flexibility index (Phi) is 6.51. The molecule has 0 spiro atoms. The third-order valence-corrected chi connectivity index (χ3v) is 3.17. The second-order valence-corrected chi connectivity index (χ2v) is 4.52. The van der Waals surface area contributed by atoms with E-state index in [-0.39, 0.29) is 6.10 Å². The maximum Gasteiger partial charge on any atom is 0.134 e. The van der Waals surface area contributed by atoms with Crippen LogP contribution in [0.2, 0.25) is 0 Å². The summed E-state index contributed by atoms with van der Waals surface area (Å²) in [5.41, 5.74) is 0.261. The summed E-state index contributed by atoms with van der Waals surface area (Å²) in [5.74, 6) is 0. The van der Waals surface area contributed by atoms with E-state index in [2.05, 4.69) is 11.4 Å². The van der Waals surface area contributed by atoms with E-state index in [0.29, 0.717) is 19.6 Å². The zero-order chi connectivity index (χ0) is 14.1. The molecule has 0 aliphatic heterocycles. The standard InChI is InChI=1S/C15H22N2O2/c1-13(11-18-3)19-10-9-15(12-16,17-2)14-7-5-4-6-8-14/h4-8,13,17H,9-11H2,1-3H3. The lowest BCUT2D eigenvalue weighted by atomic mass is 9.88. The molecule has 0 aliphatic carbocycles. The maximum absolute atomic E-state index is 9.51. The highest BCUT2D eigenvalue weighted by Gasteiger charge is 2.30. The second-order valence-electron chi connectivity index (χ2n) is 4.52. The SMILES string of the molecule is CNC(C#N)(CCOC(C)COC)c1ccccc1. The number of hydrogen-bond acceptors (Lipinski definition) is 4. The van der Waals surface area contributed by atoms with Crippen molar-refractivity contribution in [3.63, 3.8) is 0 Å². The Morgan fingerprint density at radius 2 is 2.05 bits per heavy atom. The molecule has 104 valence electrons. The normalized spacial score (nSPS) is 15.5. The number of nitrogens with zero attached hydrogens (tertiary/aromatic N) is 1. The van der Waals surface area contributed by atoms with Crippen LogP contribution in [-0.4, -0.2) is 33.5 Å². The molecule has 4 nitrogen and oxygen atoms in total. The van der Waals surface area contributed by atoms with Crippen LogP contribution in [0.25, 0.3) is 0 Å². The van der Waals surface area contributed by atoms with Crippen LogP contribution >= 0.6 is 0 Å². The molecule has 1 N–H and O–H groups in total. The molecule has 1 rings (SSSR count). The van der Waals surface area contributed by atoms with Crippen molar-refractivity contribution in [2.24, 2.45) is 0 Å². The number of benzene rings is 1. The van der Waals surface area contributed by atoms with Crippen molar-refractivity contribution in [1.82, 2.24) is 5.32 Å². The summed E-state index contributed by atoms with van der Waals surface area (Å²) in [6.07, 6.45) is 0.631. The molecule has 19 heavy (non-hydrogen) atoms. The van der Waals surface area contributed by atoms with Crippen molar-refractivity contribution in [3.05, 3.63) is 35.9 Å². The van der Waals surface area contributed by atoms with Gasteiger partial charge in [0, 0.05) is 13.5 Å². The Bertz CT molecular complexity index is 402. The first kappa shape index (κ1) is 15.6. The number of ether oxygens (including phenoxy) is 2. The Hall–Kier alpha value is -1.41. The van der Waals surface area contributed by atoms with Gasteiger partial charge in [-0.1, -0.05) is 30.3 Å². The largest absolute Gasteiger partial charge is 0.382 e. The van der Waals surface area contributed by atoms with E-state index < -0.39 is 5.54 Å². The Morgan fingerprint density at radius 1 is 1.37 bits per heavy atom. The molecule has 0 bridgehead atoms. The average molecular weight is 262 g/mol. The van der Waals surface area contributed by atoms with Crippen molar-refractivity contribution in [2.45, 2.75) is 25.0 Å². The summed E-state index contributed by atoms with van der Waals surface area (Å²) in [5, 5.41) is 12.6. The monoisotopic (exact) mass is 262 g/mol. The number of nitriles is 1. The third kappa shape index (κ3) is 4.32. The summed E-state index contributed by atoms with van der Waals surface area (Å²) >= 11 is 0. The van der Waals surface area contributed by atoms with Crippen molar-refractivity contribution in [2.75, 3.05) is 27.4 Å². The minimum atomic E-state index is -0.700. The quantitative estimate of drug-likeness (QED) is 0.779. The summed E-state index contributed by atoms with van der Waals surface area (Å²) in [6.45, 7) is 3.03. The van der Waals surface area contributed by atoms with Gasteiger partial charge in [-0.2, -0.15) is 5.26 Å². The smallest absolute Gasteiger partial charge is 0.134 e. The van der Waals surface area contributed by atoms with Crippen LogP contribution in [0.4, 0.5) is 0 Å². The van der Waals surface area contributed by atoms with Crippen LogP contribution in [0, 0.1) is 11.3 Å². The number of hydrogen-bond donors (Lipinski definition) is 1. The lowest BCUT2D eigenvalue weighted by Gasteiger charge is -2.27. The molecular weight excluding hydrogens is 240 g/mol. The second kappa shape index (κ2) is 7.90. The van der Waals surface area contributed by atoms with Gasteiger partial charge in [0.1, 0.15) is 5.54 Å². The summed E-state index contributed by atoms with van der Waals surface area (Å²) < 4.78 is 10.7. The zero-order valence-corrected chi connectivity index (χ0v) is 11.8. The van der Waals surface area contributed by atoms with E-state index in [1.165, 1.54) is 0 Å². The van der Waals surface area contributed by atoms with E-state index in [0.717, 1.165) is 5.56 Å². The molecule has 4 heteroatoms. The molecule has 0 radical (unpaired) electrons. The molecule has 2 unspecified atom stereocenters. The fraction of sp³-hybridized carbons (Fsp3) is 0.533. The van der Waals surface area contributed by atoms with Crippen molar-refractivity contribution in [3.8, 4) is 6.07 Å². The van der Waals surface area contributed by atoms with E-state index in [1.54, 1.807) is 14.2 Å². The van der Waals surface area contributed by atoms with Crippen molar-refractivity contribution in [1.29, 1.82) is 5.26 Å². The van der Waals surface area contributed by atoms with E-state index >= 15 is 0 Å². The van der Waals surface area contributed by atoms with Crippen LogP contribution in [0.5, 0.6) is 0 Å². The van der Waals surface area contributed by atoms with Crippen LogP contribution < -0.4 is 5.32 Å². The van der Waals surface area contributed by atoms with Crippen molar-refractivity contribution >= 4 is 0 Å². The highest BCUT2D eigenvalue weighted by molar-refractivity contribution is 5.31. The molecule has 0 saturated heterocycles. The van der Waals surface area contributed by atoms with E-state index in [9.17, 15) is 5.26 Å². The highest BCUT2D eigenvalue weighted by Crippen LogP contribution is 2.24. The van der Waals surface area contributed by atoms with Gasteiger partial charge >= 0.3 is 0 Å². The lowest BCUT2D eigenvalue weighted by Crippen LogP contribution is -2.40. The molecular formula is C15H22N2O2. The average Bonchev–Trinajstić information content (AvgIpc) is 2.45. The first-order valence-electron chi connectivity index (χ1n) is 6.44. The molecule has 0 saturated carbocycles. The van der Waals surface area contributed by atoms with Crippen LogP contribution in [0.1, 0.15) is 18.9 Å². The van der Waals surface area contributed by atoms with Crippen molar-refractivity contribution < 1.29 is 9.47 Å². The zero-order valence-electron chi connectivity index (χ0n) is 11.8. The Labute approximate surface area is 115 Å². The van der Waals surface area contributed by atoms with Gasteiger partial charge in [0.2, 0.25) is 0 Å². The number of methoxy groups -OCH3 is 1. The maximum atomic E-state index is 9.51. The number of nitrogens with one attached hydrogen (secondary N) is 1. The van der Waals surface area contributed by atoms with Crippen LogP contribution in [0.15, 0.2) is 30.3 Å². The predicted octanol–water partition coefficient (Wildman–Crippen LogP) is 2.07. The van der Waals surface area contributed by atoms with E-state index in [1.807, 2.05) is 37.3 Å². The van der Waals surface area contributed by atoms with Gasteiger partial charge in [0.05, 0.1) is 25.4 Å². The molecule has 0 heterocycles. The lowest BCUT2D eigenvalue weighted by molar-refractivity contribution is 0.00297. The van der Waals surface area contributed by atoms with Crippen LogP contribution in [-0.2, 0) is 15.0 Å². The minimum absolute atomic E-state index is 0.0361.